The van der Waals surface area contributed by atoms with Gasteiger partial charge in [-0.15, -0.1) is 0 Å². The summed E-state index contributed by atoms with van der Waals surface area (Å²) in [5.74, 6) is -0.375. The van der Waals surface area contributed by atoms with Gasteiger partial charge in [-0.2, -0.15) is 0 Å². The lowest BCUT2D eigenvalue weighted by atomic mass is 9.79. The lowest BCUT2D eigenvalue weighted by molar-refractivity contribution is -0.168. The highest BCUT2D eigenvalue weighted by molar-refractivity contribution is 5.71. The van der Waals surface area contributed by atoms with E-state index in [2.05, 4.69) is 34.6 Å². The molecule has 2 N–H and O–H groups in total. The second kappa shape index (κ2) is 8.27. The van der Waals surface area contributed by atoms with Crippen LogP contribution in [0.2, 0.25) is 0 Å². The third-order valence-electron chi connectivity index (χ3n) is 4.11. The maximum atomic E-state index is 11.8. The van der Waals surface area contributed by atoms with Crippen molar-refractivity contribution in [3.63, 3.8) is 0 Å². The van der Waals surface area contributed by atoms with E-state index in [0.29, 0.717) is 19.6 Å². The Morgan fingerprint density at radius 1 is 1.09 bits per heavy atom. The number of carbonyl (C=O) groups is 1. The van der Waals surface area contributed by atoms with Crippen LogP contribution >= 0.6 is 0 Å². The number of hydrogen-bond donors (Lipinski definition) is 1. The van der Waals surface area contributed by atoms with Gasteiger partial charge in [0.1, 0.15) is 12.2 Å². The van der Waals surface area contributed by atoms with Gasteiger partial charge in [-0.25, -0.2) is 4.79 Å². The molecule has 0 amide bonds. The van der Waals surface area contributed by atoms with Gasteiger partial charge in [0.25, 0.3) is 0 Å². The number of ether oxygens (including phenoxy) is 3. The summed E-state index contributed by atoms with van der Waals surface area (Å²) in [6, 6.07) is 0. The minimum atomic E-state index is -0.552. The van der Waals surface area contributed by atoms with E-state index < -0.39 is 5.60 Å². The summed E-state index contributed by atoms with van der Waals surface area (Å²) in [7, 11) is 0. The molecule has 22 heavy (non-hydrogen) atoms. The fourth-order valence-corrected chi connectivity index (χ4v) is 1.54. The van der Waals surface area contributed by atoms with Crippen molar-refractivity contribution in [2.45, 2.75) is 79.1 Å². The average molecular weight is 317 g/mol. The maximum Gasteiger partial charge on any atom is 0.332 e. The zero-order chi connectivity index (χ0) is 17.6. The molecule has 0 aromatic heterocycles. The Hall–Kier alpha value is -0.650. The normalized spacial score (nSPS) is 14.8. The quantitative estimate of drug-likeness (QED) is 0.662. The van der Waals surface area contributed by atoms with E-state index in [1.807, 2.05) is 20.8 Å². The molecule has 0 aliphatic heterocycles. The maximum absolute atomic E-state index is 11.8. The topological polar surface area (TPSA) is 70.8 Å². The number of nitrogens with two attached hydrogens (primary N) is 1. The first-order chi connectivity index (χ1) is 9.81. The second-order valence-corrected chi connectivity index (χ2v) is 7.97. The third-order valence-corrected chi connectivity index (χ3v) is 4.11. The Labute approximate surface area is 135 Å². The summed E-state index contributed by atoms with van der Waals surface area (Å²) < 4.78 is 16.8. The van der Waals surface area contributed by atoms with Crippen LogP contribution in [-0.2, 0) is 19.0 Å². The molecule has 132 valence electrons. The molecular weight excluding hydrogens is 282 g/mol. The smallest absolute Gasteiger partial charge is 0.332 e. The molecule has 1 unspecified atom stereocenters. The van der Waals surface area contributed by atoms with E-state index in [1.54, 1.807) is 0 Å². The van der Waals surface area contributed by atoms with Crippen LogP contribution in [0.3, 0.4) is 0 Å². The van der Waals surface area contributed by atoms with Crippen LogP contribution in [0, 0.1) is 5.41 Å². The molecule has 0 aliphatic rings. The van der Waals surface area contributed by atoms with Gasteiger partial charge in [-0.05, 0) is 53.0 Å². The van der Waals surface area contributed by atoms with Gasteiger partial charge in [0.05, 0.1) is 18.3 Å². The molecule has 0 rings (SSSR count). The van der Waals surface area contributed by atoms with Gasteiger partial charge in [0, 0.05) is 0 Å². The number of esters is 1. The van der Waals surface area contributed by atoms with Gasteiger partial charge in [-0.1, -0.05) is 20.8 Å². The van der Waals surface area contributed by atoms with E-state index in [4.69, 9.17) is 19.9 Å². The SMILES string of the molecule is CC(COC(C)(C)C(C)(C)C)OCC(=O)OC(C)(C)CCN. The van der Waals surface area contributed by atoms with Crippen LogP contribution in [0.1, 0.15) is 61.8 Å². The lowest BCUT2D eigenvalue weighted by Gasteiger charge is -2.39. The van der Waals surface area contributed by atoms with Crippen molar-refractivity contribution in [2.24, 2.45) is 11.1 Å². The van der Waals surface area contributed by atoms with Crippen LogP contribution in [0.5, 0.6) is 0 Å². The molecule has 0 bridgehead atoms. The minimum absolute atomic E-state index is 0.0257. The number of carbonyl (C=O) groups excluding carboxylic acids is 1. The number of rotatable bonds is 9. The molecule has 0 spiro atoms. The van der Waals surface area contributed by atoms with Crippen molar-refractivity contribution in [2.75, 3.05) is 19.8 Å². The first kappa shape index (κ1) is 21.4. The molecular formula is C17H35NO4. The molecule has 0 saturated carbocycles. The van der Waals surface area contributed by atoms with Gasteiger partial charge in [-0.3, -0.25) is 0 Å². The van der Waals surface area contributed by atoms with E-state index in [0.717, 1.165) is 0 Å². The summed E-state index contributed by atoms with van der Waals surface area (Å²) in [5.41, 5.74) is 4.69. The summed E-state index contributed by atoms with van der Waals surface area (Å²) in [5, 5.41) is 0. The fourth-order valence-electron chi connectivity index (χ4n) is 1.54. The Morgan fingerprint density at radius 2 is 1.64 bits per heavy atom. The lowest BCUT2D eigenvalue weighted by Crippen LogP contribution is -2.41. The van der Waals surface area contributed by atoms with Crippen LogP contribution in [0.15, 0.2) is 0 Å². The van der Waals surface area contributed by atoms with Crippen molar-refractivity contribution in [1.82, 2.24) is 0 Å². The number of hydrogen-bond acceptors (Lipinski definition) is 5. The fraction of sp³-hybridized carbons (Fsp3) is 0.941. The Bertz CT molecular complexity index is 345. The molecule has 1 atom stereocenters. The molecule has 0 saturated heterocycles. The predicted molar refractivity (Wildman–Crippen MR) is 88.7 cm³/mol. The molecule has 0 aromatic carbocycles. The van der Waals surface area contributed by atoms with E-state index in [9.17, 15) is 4.79 Å². The largest absolute Gasteiger partial charge is 0.458 e. The van der Waals surface area contributed by atoms with Gasteiger partial charge in [0.2, 0.25) is 0 Å². The zero-order valence-corrected chi connectivity index (χ0v) is 15.6. The van der Waals surface area contributed by atoms with Crippen molar-refractivity contribution in [1.29, 1.82) is 0 Å². The van der Waals surface area contributed by atoms with Gasteiger partial charge >= 0.3 is 5.97 Å². The summed E-state index contributed by atoms with van der Waals surface area (Å²) in [4.78, 5) is 11.8. The van der Waals surface area contributed by atoms with Gasteiger partial charge in [0.15, 0.2) is 0 Å². The van der Waals surface area contributed by atoms with Crippen LogP contribution in [0.25, 0.3) is 0 Å². The standard InChI is InChI=1S/C17H35NO4/c1-13(11-21-17(7,8)15(2,3)4)20-12-14(19)22-16(5,6)9-10-18/h13H,9-12,18H2,1-8H3. The van der Waals surface area contributed by atoms with E-state index in [1.165, 1.54) is 0 Å². The van der Waals surface area contributed by atoms with E-state index >= 15 is 0 Å². The average Bonchev–Trinajstić information content (AvgIpc) is 2.31. The monoisotopic (exact) mass is 317 g/mol. The Balaban J connectivity index is 4.14. The zero-order valence-electron chi connectivity index (χ0n) is 15.6. The van der Waals surface area contributed by atoms with Crippen LogP contribution < -0.4 is 5.73 Å². The summed E-state index contributed by atoms with van der Waals surface area (Å²) >= 11 is 0. The van der Waals surface area contributed by atoms with Gasteiger partial charge < -0.3 is 19.9 Å². The van der Waals surface area contributed by atoms with Crippen LogP contribution in [-0.4, -0.2) is 43.0 Å². The molecule has 0 aliphatic carbocycles. The summed E-state index contributed by atoms with van der Waals surface area (Å²) in [6.45, 7) is 16.9. The molecule has 5 nitrogen and oxygen atoms in total. The Morgan fingerprint density at radius 3 is 2.09 bits per heavy atom. The molecule has 5 heteroatoms. The van der Waals surface area contributed by atoms with Crippen molar-refractivity contribution < 1.29 is 19.0 Å². The highest BCUT2D eigenvalue weighted by Crippen LogP contribution is 2.33. The van der Waals surface area contributed by atoms with E-state index in [-0.39, 0.29) is 29.7 Å². The highest BCUT2D eigenvalue weighted by atomic mass is 16.6. The predicted octanol–water partition coefficient (Wildman–Crippen LogP) is 2.90. The van der Waals surface area contributed by atoms with Crippen molar-refractivity contribution in [3.05, 3.63) is 0 Å². The third kappa shape index (κ3) is 8.11. The summed E-state index contributed by atoms with van der Waals surface area (Å²) in [6.07, 6.45) is 0.448. The second-order valence-electron chi connectivity index (χ2n) is 7.97. The molecule has 0 fully saturated rings. The Kier molecular flexibility index (Phi) is 8.03. The molecule has 0 radical (unpaired) electrons. The van der Waals surface area contributed by atoms with Crippen molar-refractivity contribution >= 4 is 5.97 Å². The highest BCUT2D eigenvalue weighted by Gasteiger charge is 2.34. The van der Waals surface area contributed by atoms with Crippen LogP contribution in [0.4, 0.5) is 0 Å². The molecule has 0 aromatic rings. The first-order valence-electron chi connectivity index (χ1n) is 7.98. The molecule has 0 heterocycles. The minimum Gasteiger partial charge on any atom is -0.458 e. The first-order valence-corrected chi connectivity index (χ1v) is 7.98. The van der Waals surface area contributed by atoms with Crippen molar-refractivity contribution in [3.8, 4) is 0 Å².